The van der Waals surface area contributed by atoms with Crippen molar-refractivity contribution in [1.82, 2.24) is 4.31 Å². The Morgan fingerprint density at radius 2 is 1.36 bits per heavy atom. The molecule has 0 aliphatic carbocycles. The summed E-state index contributed by atoms with van der Waals surface area (Å²) in [7, 11) is 0. The Morgan fingerprint density at radius 1 is 0.773 bits per heavy atom. The first-order chi connectivity index (χ1) is 10.8. The molecule has 3 heteroatoms. The van der Waals surface area contributed by atoms with Gasteiger partial charge in [0.1, 0.15) is 0 Å². The summed E-state index contributed by atoms with van der Waals surface area (Å²) in [4.78, 5) is 0.936. The van der Waals surface area contributed by atoms with Crippen molar-refractivity contribution in [2.45, 2.75) is 37.0 Å². The molecular formula is C19H23NOS. The van der Waals surface area contributed by atoms with Gasteiger partial charge in [-0.05, 0) is 48.9 Å². The number of benzene rings is 2. The fraction of sp³-hybridized carbons (Fsp3) is 0.368. The normalized spacial score (nSPS) is 17.3. The van der Waals surface area contributed by atoms with Crippen LogP contribution in [0.1, 0.15) is 30.4 Å². The fourth-order valence-corrected chi connectivity index (χ4v) is 4.14. The van der Waals surface area contributed by atoms with E-state index in [2.05, 4.69) is 40.7 Å². The van der Waals surface area contributed by atoms with Gasteiger partial charge in [-0.3, -0.25) is 0 Å². The van der Waals surface area contributed by atoms with Crippen LogP contribution in [0.15, 0.2) is 59.5 Å². The first-order valence-electron chi connectivity index (χ1n) is 8.12. The van der Waals surface area contributed by atoms with Crippen LogP contribution in [0.3, 0.4) is 0 Å². The van der Waals surface area contributed by atoms with E-state index in [4.69, 9.17) is 0 Å². The quantitative estimate of drug-likeness (QED) is 0.781. The van der Waals surface area contributed by atoms with Crippen LogP contribution < -0.4 is 0 Å². The van der Waals surface area contributed by atoms with Crippen molar-refractivity contribution in [2.75, 3.05) is 13.1 Å². The molecule has 1 heterocycles. The number of nitrogens with zero attached hydrogens (tertiary/aromatic N) is 1. The molecule has 22 heavy (non-hydrogen) atoms. The lowest BCUT2D eigenvalue weighted by Gasteiger charge is -2.27. The van der Waals surface area contributed by atoms with Crippen molar-refractivity contribution >= 4 is 11.4 Å². The van der Waals surface area contributed by atoms with Gasteiger partial charge in [-0.25, -0.2) is 0 Å². The summed E-state index contributed by atoms with van der Waals surface area (Å²) in [6.07, 6.45) is 5.68. The third-order valence-electron chi connectivity index (χ3n) is 4.22. The second-order valence-electron chi connectivity index (χ2n) is 5.87. The van der Waals surface area contributed by atoms with E-state index in [1.165, 1.54) is 30.4 Å². The molecule has 1 aliphatic rings. The average molecular weight is 313 g/mol. The van der Waals surface area contributed by atoms with Crippen molar-refractivity contribution in [1.29, 1.82) is 0 Å². The smallest absolute Gasteiger partial charge is 0.174 e. The third-order valence-corrected chi connectivity index (χ3v) is 5.73. The number of aryl methyl sites for hydroxylation is 2. The molecule has 1 atom stereocenters. The molecule has 116 valence electrons. The second-order valence-corrected chi connectivity index (χ2v) is 7.35. The number of rotatable bonds is 5. The van der Waals surface area contributed by atoms with Gasteiger partial charge in [0, 0.05) is 13.1 Å². The van der Waals surface area contributed by atoms with Crippen LogP contribution in [0.25, 0.3) is 0 Å². The lowest BCUT2D eigenvalue weighted by molar-refractivity contribution is 0.346. The molecule has 0 bridgehead atoms. The molecule has 0 spiro atoms. The number of hydrogen-bond donors (Lipinski definition) is 0. The summed E-state index contributed by atoms with van der Waals surface area (Å²) in [6.45, 7) is 1.92. The van der Waals surface area contributed by atoms with Gasteiger partial charge >= 0.3 is 0 Å². The van der Waals surface area contributed by atoms with E-state index >= 15 is 0 Å². The largest absolute Gasteiger partial charge is 0.593 e. The summed E-state index contributed by atoms with van der Waals surface area (Å²) >= 11 is -0.985. The van der Waals surface area contributed by atoms with Crippen LogP contribution >= 0.6 is 0 Å². The second kappa shape index (κ2) is 7.82. The zero-order valence-electron chi connectivity index (χ0n) is 12.9. The standard InChI is InChI=1S/C19H23NOS/c21-22(20-15-5-2-6-16-20)19-13-11-18(12-14-19)10-9-17-7-3-1-4-8-17/h1,3-4,7-8,11-14H,2,5-6,9-10,15-16H2. The molecule has 0 amide bonds. The Hall–Kier alpha value is -1.29. The highest BCUT2D eigenvalue weighted by Crippen LogP contribution is 2.21. The molecule has 0 N–H and O–H groups in total. The highest BCUT2D eigenvalue weighted by Gasteiger charge is 2.23. The predicted molar refractivity (Wildman–Crippen MR) is 92.1 cm³/mol. The number of hydrogen-bond acceptors (Lipinski definition) is 2. The van der Waals surface area contributed by atoms with Crippen molar-refractivity contribution in [3.8, 4) is 0 Å². The minimum Gasteiger partial charge on any atom is -0.593 e. The minimum atomic E-state index is -0.985. The van der Waals surface area contributed by atoms with Crippen LogP contribution in [-0.2, 0) is 24.2 Å². The van der Waals surface area contributed by atoms with Gasteiger partial charge in [-0.1, -0.05) is 48.9 Å². The molecule has 1 saturated heterocycles. The van der Waals surface area contributed by atoms with Gasteiger partial charge in [-0.15, -0.1) is 4.31 Å². The lowest BCUT2D eigenvalue weighted by atomic mass is 10.0. The van der Waals surface area contributed by atoms with Gasteiger partial charge < -0.3 is 4.55 Å². The maximum absolute atomic E-state index is 12.5. The third kappa shape index (κ3) is 4.13. The Morgan fingerprint density at radius 3 is 2.00 bits per heavy atom. The topological polar surface area (TPSA) is 26.3 Å². The summed E-state index contributed by atoms with van der Waals surface area (Å²) in [6, 6.07) is 18.9. The molecule has 3 rings (SSSR count). The monoisotopic (exact) mass is 313 g/mol. The molecule has 0 saturated carbocycles. The first-order valence-corrected chi connectivity index (χ1v) is 9.23. The summed E-state index contributed by atoms with van der Waals surface area (Å²) < 4.78 is 14.6. The van der Waals surface area contributed by atoms with Gasteiger partial charge in [0.25, 0.3) is 0 Å². The molecule has 0 radical (unpaired) electrons. The molecular weight excluding hydrogens is 290 g/mol. The van der Waals surface area contributed by atoms with Crippen molar-refractivity contribution in [3.05, 3.63) is 65.7 Å². The molecule has 2 nitrogen and oxygen atoms in total. The van der Waals surface area contributed by atoms with E-state index < -0.39 is 11.4 Å². The zero-order valence-corrected chi connectivity index (χ0v) is 13.7. The van der Waals surface area contributed by atoms with E-state index in [0.717, 1.165) is 30.8 Å². The van der Waals surface area contributed by atoms with E-state index in [-0.39, 0.29) is 0 Å². The van der Waals surface area contributed by atoms with Crippen molar-refractivity contribution in [2.24, 2.45) is 0 Å². The highest BCUT2D eigenvalue weighted by atomic mass is 32.2. The first kappa shape index (κ1) is 15.6. The maximum Gasteiger partial charge on any atom is 0.174 e. The van der Waals surface area contributed by atoms with E-state index in [1.54, 1.807) is 0 Å². The van der Waals surface area contributed by atoms with Gasteiger partial charge in [0.2, 0.25) is 0 Å². The van der Waals surface area contributed by atoms with Crippen molar-refractivity contribution in [3.63, 3.8) is 0 Å². The van der Waals surface area contributed by atoms with Crippen LogP contribution in [0.2, 0.25) is 0 Å². The van der Waals surface area contributed by atoms with Crippen LogP contribution in [0.5, 0.6) is 0 Å². The minimum absolute atomic E-state index is 0.936. The van der Waals surface area contributed by atoms with E-state index in [9.17, 15) is 4.55 Å². The van der Waals surface area contributed by atoms with E-state index in [1.807, 2.05) is 18.2 Å². The Bertz CT molecular complexity index is 564. The summed E-state index contributed by atoms with van der Waals surface area (Å²) in [5.74, 6) is 0. The van der Waals surface area contributed by atoms with Crippen LogP contribution in [-0.4, -0.2) is 21.9 Å². The Balaban J connectivity index is 1.57. The molecule has 2 aromatic carbocycles. The molecule has 1 fully saturated rings. The highest BCUT2D eigenvalue weighted by molar-refractivity contribution is 7.89. The average Bonchev–Trinajstić information content (AvgIpc) is 2.61. The van der Waals surface area contributed by atoms with Gasteiger partial charge in [0.15, 0.2) is 4.90 Å². The summed E-state index contributed by atoms with van der Waals surface area (Å²) in [5, 5.41) is 0. The summed E-state index contributed by atoms with van der Waals surface area (Å²) in [5.41, 5.74) is 2.67. The molecule has 2 aromatic rings. The van der Waals surface area contributed by atoms with Crippen LogP contribution in [0.4, 0.5) is 0 Å². The number of piperidine rings is 1. The zero-order chi connectivity index (χ0) is 15.2. The SMILES string of the molecule is [O-][S+](c1ccc(CCc2ccccc2)cc1)N1CCCCC1. The maximum atomic E-state index is 12.5. The molecule has 0 aromatic heterocycles. The van der Waals surface area contributed by atoms with Gasteiger partial charge in [-0.2, -0.15) is 0 Å². The van der Waals surface area contributed by atoms with E-state index in [0.29, 0.717) is 0 Å². The van der Waals surface area contributed by atoms with Crippen molar-refractivity contribution < 1.29 is 4.55 Å². The predicted octanol–water partition coefficient (Wildman–Crippen LogP) is 3.98. The van der Waals surface area contributed by atoms with Crippen LogP contribution in [0, 0.1) is 0 Å². The Kier molecular flexibility index (Phi) is 5.54. The molecule has 1 aliphatic heterocycles. The molecule has 1 unspecified atom stereocenters. The van der Waals surface area contributed by atoms with Gasteiger partial charge in [0.05, 0.1) is 11.4 Å². The fourth-order valence-electron chi connectivity index (χ4n) is 2.89. The Labute approximate surface area is 136 Å². The lowest BCUT2D eigenvalue weighted by Crippen LogP contribution is -2.35.